The van der Waals surface area contributed by atoms with Gasteiger partial charge in [0.05, 0.1) is 10.6 Å². The number of piperazine rings is 1. The van der Waals surface area contributed by atoms with E-state index >= 15 is 0 Å². The number of ether oxygens (including phenoxy) is 1. The predicted octanol–water partition coefficient (Wildman–Crippen LogP) is 4.35. The molecular formula is C23H26ClF3N4O3. The molecule has 1 aliphatic heterocycles. The smallest absolute Gasteiger partial charge is 0.417 e. The number of aromatic nitrogens is 1. The number of hydrogen-bond acceptors (Lipinski definition) is 5. The van der Waals surface area contributed by atoms with Crippen LogP contribution < -0.4 is 10.2 Å². The maximum atomic E-state index is 13.1. The second kappa shape index (κ2) is 10.9. The van der Waals surface area contributed by atoms with Crippen LogP contribution in [-0.2, 0) is 22.3 Å². The molecule has 0 spiro atoms. The maximum absolute atomic E-state index is 13.1. The molecule has 34 heavy (non-hydrogen) atoms. The SMILES string of the molecule is CC(C)C(NC(=O)OCc1ccccc1)C(=O)N1CCN(c2ncc(C(F)(F)F)cc2Cl)CC1. The molecular weight excluding hydrogens is 473 g/mol. The summed E-state index contributed by atoms with van der Waals surface area (Å²) in [6, 6.07) is 9.27. The number of halogens is 4. The molecule has 1 aromatic heterocycles. The first-order valence-corrected chi connectivity index (χ1v) is 11.2. The summed E-state index contributed by atoms with van der Waals surface area (Å²) in [5.41, 5.74) is -0.0863. The summed E-state index contributed by atoms with van der Waals surface area (Å²) in [4.78, 5) is 32.6. The Labute approximate surface area is 200 Å². The van der Waals surface area contributed by atoms with Gasteiger partial charge in [-0.15, -0.1) is 0 Å². The minimum Gasteiger partial charge on any atom is -0.445 e. The van der Waals surface area contributed by atoms with Crippen LogP contribution in [-0.4, -0.2) is 54.1 Å². The van der Waals surface area contributed by atoms with Crippen LogP contribution >= 0.6 is 11.6 Å². The molecule has 0 bridgehead atoms. The van der Waals surface area contributed by atoms with Crippen LogP contribution in [0.15, 0.2) is 42.6 Å². The zero-order valence-electron chi connectivity index (χ0n) is 18.8. The van der Waals surface area contributed by atoms with Crippen molar-refractivity contribution in [2.24, 2.45) is 5.92 Å². The quantitative estimate of drug-likeness (QED) is 0.641. The minimum atomic E-state index is -4.53. The van der Waals surface area contributed by atoms with Crippen molar-refractivity contribution in [3.05, 3.63) is 58.7 Å². The Bertz CT molecular complexity index is 997. The topological polar surface area (TPSA) is 74.8 Å². The number of benzene rings is 1. The molecule has 3 rings (SSSR count). The van der Waals surface area contributed by atoms with Crippen molar-refractivity contribution in [2.45, 2.75) is 32.7 Å². The number of alkyl halides is 3. The zero-order chi connectivity index (χ0) is 24.9. The fourth-order valence-electron chi connectivity index (χ4n) is 3.56. The Morgan fingerprint density at radius 3 is 2.35 bits per heavy atom. The number of carbonyl (C=O) groups is 2. The average Bonchev–Trinajstić information content (AvgIpc) is 2.81. The molecule has 1 N–H and O–H groups in total. The van der Waals surface area contributed by atoms with E-state index in [9.17, 15) is 22.8 Å². The van der Waals surface area contributed by atoms with Gasteiger partial charge in [-0.05, 0) is 17.5 Å². The van der Waals surface area contributed by atoms with Crippen molar-refractivity contribution in [3.8, 4) is 0 Å². The van der Waals surface area contributed by atoms with Crippen LogP contribution in [0.25, 0.3) is 0 Å². The number of amides is 2. The summed E-state index contributed by atoms with van der Waals surface area (Å²) in [5, 5.41) is 2.55. The van der Waals surface area contributed by atoms with E-state index in [0.717, 1.165) is 17.8 Å². The number of pyridine rings is 1. The van der Waals surface area contributed by atoms with E-state index in [-0.39, 0.29) is 29.3 Å². The first kappa shape index (κ1) is 25.6. The first-order valence-electron chi connectivity index (χ1n) is 10.8. The normalized spacial score (nSPS) is 15.3. The first-order chi connectivity index (χ1) is 16.1. The van der Waals surface area contributed by atoms with Gasteiger partial charge < -0.3 is 19.9 Å². The summed E-state index contributed by atoms with van der Waals surface area (Å²) in [6.45, 7) is 5.03. The van der Waals surface area contributed by atoms with E-state index in [1.54, 1.807) is 9.80 Å². The number of hydrogen-bond donors (Lipinski definition) is 1. The maximum Gasteiger partial charge on any atom is 0.417 e. The van der Waals surface area contributed by atoms with E-state index in [1.165, 1.54) is 0 Å². The molecule has 0 aliphatic carbocycles. The molecule has 11 heteroatoms. The van der Waals surface area contributed by atoms with E-state index in [1.807, 2.05) is 44.2 Å². The summed E-state index contributed by atoms with van der Waals surface area (Å²) < 4.78 is 43.8. The number of rotatable bonds is 6. The van der Waals surface area contributed by atoms with E-state index in [4.69, 9.17) is 16.3 Å². The van der Waals surface area contributed by atoms with Crippen molar-refractivity contribution in [3.63, 3.8) is 0 Å². The summed E-state index contributed by atoms with van der Waals surface area (Å²) >= 11 is 6.04. The summed E-state index contributed by atoms with van der Waals surface area (Å²) in [6.07, 6.45) is -4.46. The highest BCUT2D eigenvalue weighted by atomic mass is 35.5. The van der Waals surface area contributed by atoms with Gasteiger partial charge in [-0.2, -0.15) is 13.2 Å². The number of alkyl carbamates (subject to hydrolysis) is 1. The second-order valence-corrected chi connectivity index (χ2v) is 8.67. The van der Waals surface area contributed by atoms with Crippen LogP contribution in [0.5, 0.6) is 0 Å². The van der Waals surface area contributed by atoms with Gasteiger partial charge in [0.2, 0.25) is 5.91 Å². The van der Waals surface area contributed by atoms with Gasteiger partial charge in [-0.1, -0.05) is 55.8 Å². The fourth-order valence-corrected chi connectivity index (χ4v) is 3.84. The van der Waals surface area contributed by atoms with Crippen LogP contribution in [0.3, 0.4) is 0 Å². The van der Waals surface area contributed by atoms with Gasteiger partial charge in [0.25, 0.3) is 0 Å². The van der Waals surface area contributed by atoms with Crippen molar-refractivity contribution in [1.29, 1.82) is 0 Å². The van der Waals surface area contributed by atoms with E-state index in [2.05, 4.69) is 10.3 Å². The van der Waals surface area contributed by atoms with E-state index < -0.39 is 23.9 Å². The van der Waals surface area contributed by atoms with Gasteiger partial charge in [0.1, 0.15) is 18.5 Å². The molecule has 2 heterocycles. The van der Waals surface area contributed by atoms with Gasteiger partial charge in [-0.25, -0.2) is 9.78 Å². The lowest BCUT2D eigenvalue weighted by Crippen LogP contribution is -2.56. The van der Waals surface area contributed by atoms with Gasteiger partial charge in [-0.3, -0.25) is 4.79 Å². The number of nitrogens with zero attached hydrogens (tertiary/aromatic N) is 3. The van der Waals surface area contributed by atoms with E-state index in [0.29, 0.717) is 26.2 Å². The molecule has 1 atom stereocenters. The molecule has 184 valence electrons. The molecule has 1 aromatic carbocycles. The van der Waals surface area contributed by atoms with Gasteiger partial charge >= 0.3 is 12.3 Å². The number of anilines is 1. The molecule has 1 aliphatic rings. The lowest BCUT2D eigenvalue weighted by molar-refractivity contribution is -0.138. The molecule has 0 saturated carbocycles. The van der Waals surface area contributed by atoms with Gasteiger partial charge in [0, 0.05) is 32.4 Å². The van der Waals surface area contributed by atoms with Crippen molar-refractivity contribution < 1.29 is 27.5 Å². The molecule has 2 aromatic rings. The molecule has 1 unspecified atom stereocenters. The highest BCUT2D eigenvalue weighted by Crippen LogP contribution is 2.33. The van der Waals surface area contributed by atoms with Crippen LogP contribution in [0.2, 0.25) is 5.02 Å². The molecule has 0 radical (unpaired) electrons. The van der Waals surface area contributed by atoms with Crippen LogP contribution in [0.1, 0.15) is 25.0 Å². The molecule has 1 saturated heterocycles. The number of nitrogens with one attached hydrogen (secondary N) is 1. The molecule has 1 fully saturated rings. The second-order valence-electron chi connectivity index (χ2n) is 8.27. The third kappa shape index (κ3) is 6.53. The molecule has 7 nitrogen and oxygen atoms in total. The lowest BCUT2D eigenvalue weighted by Gasteiger charge is -2.38. The third-order valence-electron chi connectivity index (χ3n) is 5.46. The standard InChI is InChI=1S/C23H26ClF3N4O3/c1-15(2)19(29-22(33)34-14-16-6-4-3-5-7-16)21(32)31-10-8-30(9-11-31)20-18(24)12-17(13-28-20)23(25,26)27/h3-7,12-13,15,19H,8-11,14H2,1-2H3,(H,29,33). The minimum absolute atomic E-state index is 0.0885. The largest absolute Gasteiger partial charge is 0.445 e. The highest BCUT2D eigenvalue weighted by Gasteiger charge is 2.34. The fraction of sp³-hybridized carbons (Fsp3) is 0.435. The summed E-state index contributed by atoms with van der Waals surface area (Å²) in [7, 11) is 0. The third-order valence-corrected chi connectivity index (χ3v) is 5.74. The van der Waals surface area contributed by atoms with Crippen molar-refractivity contribution >= 4 is 29.4 Å². The average molecular weight is 499 g/mol. The predicted molar refractivity (Wildman–Crippen MR) is 121 cm³/mol. The van der Waals surface area contributed by atoms with Crippen LogP contribution in [0, 0.1) is 5.92 Å². The Kier molecular flexibility index (Phi) is 8.24. The highest BCUT2D eigenvalue weighted by molar-refractivity contribution is 6.33. The zero-order valence-corrected chi connectivity index (χ0v) is 19.6. The summed E-state index contributed by atoms with van der Waals surface area (Å²) in [5.74, 6) is -0.191. The number of carbonyl (C=O) groups excluding carboxylic acids is 2. The Morgan fingerprint density at radius 1 is 1.15 bits per heavy atom. The Balaban J connectivity index is 1.56. The van der Waals surface area contributed by atoms with Crippen molar-refractivity contribution in [1.82, 2.24) is 15.2 Å². The lowest BCUT2D eigenvalue weighted by atomic mass is 10.0. The monoisotopic (exact) mass is 498 g/mol. The Morgan fingerprint density at radius 2 is 1.79 bits per heavy atom. The van der Waals surface area contributed by atoms with Crippen molar-refractivity contribution in [2.75, 3.05) is 31.1 Å². The van der Waals surface area contributed by atoms with Gasteiger partial charge in [0.15, 0.2) is 0 Å². The molecule has 2 amide bonds. The Hall–Kier alpha value is -3.01. The van der Waals surface area contributed by atoms with Crippen LogP contribution in [0.4, 0.5) is 23.8 Å².